The Morgan fingerprint density at radius 1 is 1.19 bits per heavy atom. The molecule has 8 heteroatoms. The average Bonchev–Trinajstić information content (AvgIpc) is 2.87. The number of benzene rings is 2. The first-order chi connectivity index (χ1) is 12.6. The fourth-order valence-corrected chi connectivity index (χ4v) is 4.55. The van der Waals surface area contributed by atoms with Gasteiger partial charge in [0.1, 0.15) is 16.2 Å². The van der Waals surface area contributed by atoms with Crippen LogP contribution in [-0.4, -0.2) is 12.2 Å². The van der Waals surface area contributed by atoms with Gasteiger partial charge in [0.2, 0.25) is 5.91 Å². The van der Waals surface area contributed by atoms with E-state index in [2.05, 4.69) is 5.32 Å². The maximum absolute atomic E-state index is 12.8. The van der Waals surface area contributed by atoms with Crippen molar-refractivity contribution in [2.45, 2.75) is 24.8 Å². The predicted molar refractivity (Wildman–Crippen MR) is 102 cm³/mol. The summed E-state index contributed by atoms with van der Waals surface area (Å²) in [5.41, 5.74) is 0.647. The monoisotopic (exact) mass is 415 g/mol. The van der Waals surface area contributed by atoms with E-state index in [0.29, 0.717) is 11.4 Å². The van der Waals surface area contributed by atoms with Crippen LogP contribution in [-0.2, 0) is 15.7 Å². The first-order valence-electron chi connectivity index (χ1n) is 8.15. The van der Waals surface area contributed by atoms with E-state index in [9.17, 15) is 18.0 Å². The van der Waals surface area contributed by atoms with Crippen LogP contribution in [0, 0.1) is 5.92 Å². The third-order valence-electron chi connectivity index (χ3n) is 4.60. The predicted octanol–water partition coefficient (Wildman–Crippen LogP) is 6.32. The molecule has 0 radical (unpaired) electrons. The van der Waals surface area contributed by atoms with Gasteiger partial charge in [-0.1, -0.05) is 25.4 Å². The number of alkyl halides is 3. The van der Waals surface area contributed by atoms with Gasteiger partial charge in [-0.05, 0) is 48.6 Å². The molecule has 0 saturated heterocycles. The van der Waals surface area contributed by atoms with Crippen molar-refractivity contribution in [3.05, 3.63) is 52.5 Å². The van der Waals surface area contributed by atoms with E-state index in [-0.39, 0.29) is 22.6 Å². The van der Waals surface area contributed by atoms with Gasteiger partial charge in [0, 0.05) is 11.3 Å². The van der Waals surface area contributed by atoms with E-state index >= 15 is 0 Å². The smallest absolute Gasteiger partial charge is 0.416 e. The Morgan fingerprint density at radius 3 is 2.44 bits per heavy atom. The maximum atomic E-state index is 12.8. The molecule has 1 N–H and O–H groups in total. The number of carbonyl (C=O) groups excluding carboxylic acids is 1. The number of hydrogen-bond donors (Lipinski definition) is 1. The third kappa shape index (κ3) is 3.38. The number of hydrogen-bond acceptors (Lipinski definition) is 3. The van der Waals surface area contributed by atoms with E-state index < -0.39 is 16.5 Å². The van der Waals surface area contributed by atoms with Crippen LogP contribution in [0.15, 0.2) is 36.4 Å². The van der Waals surface area contributed by atoms with Gasteiger partial charge in [-0.3, -0.25) is 4.79 Å². The molecule has 1 atom stereocenters. The standard InChI is InChI=1S/C19H17ClF3NO2S/c1-10(2)18(27-3)13-9-12(5-6-15(13)24-17(18)25)26-16-7-4-11(8-14(16)20)19(21,22)23/h4-10H,1-3H3,(H,24,25). The van der Waals surface area contributed by atoms with Crippen LogP contribution in [0.25, 0.3) is 0 Å². The average molecular weight is 416 g/mol. The third-order valence-corrected chi connectivity index (χ3v) is 6.41. The second kappa shape index (κ2) is 6.95. The van der Waals surface area contributed by atoms with Crippen LogP contribution in [0.4, 0.5) is 18.9 Å². The van der Waals surface area contributed by atoms with Crippen LogP contribution in [0.1, 0.15) is 25.0 Å². The Kier molecular flexibility index (Phi) is 5.12. The molecule has 2 aromatic rings. The van der Waals surface area contributed by atoms with Gasteiger partial charge in [0.25, 0.3) is 0 Å². The first-order valence-corrected chi connectivity index (χ1v) is 9.75. The number of anilines is 1. The lowest BCUT2D eigenvalue weighted by Gasteiger charge is -2.29. The summed E-state index contributed by atoms with van der Waals surface area (Å²) in [5, 5.41) is 2.74. The molecule has 2 aromatic carbocycles. The lowest BCUT2D eigenvalue weighted by atomic mass is 9.88. The van der Waals surface area contributed by atoms with Crippen LogP contribution >= 0.6 is 23.4 Å². The normalized spacial score (nSPS) is 19.2. The summed E-state index contributed by atoms with van der Waals surface area (Å²) in [4.78, 5) is 12.6. The van der Waals surface area contributed by atoms with Gasteiger partial charge in [-0.15, -0.1) is 11.8 Å². The number of carbonyl (C=O) groups is 1. The molecule has 3 rings (SSSR count). The molecule has 1 aliphatic rings. The molecule has 3 nitrogen and oxygen atoms in total. The lowest BCUT2D eigenvalue weighted by molar-refractivity contribution is -0.137. The van der Waals surface area contributed by atoms with Gasteiger partial charge in [0.15, 0.2) is 0 Å². The zero-order chi connectivity index (χ0) is 20.0. The van der Waals surface area contributed by atoms with Crippen molar-refractivity contribution in [1.82, 2.24) is 0 Å². The van der Waals surface area contributed by atoms with Crippen molar-refractivity contribution >= 4 is 35.0 Å². The van der Waals surface area contributed by atoms with Gasteiger partial charge in [0.05, 0.1) is 10.6 Å². The van der Waals surface area contributed by atoms with Crippen LogP contribution in [0.2, 0.25) is 5.02 Å². The highest BCUT2D eigenvalue weighted by atomic mass is 35.5. The molecular formula is C19H17ClF3NO2S. The zero-order valence-electron chi connectivity index (χ0n) is 14.8. The topological polar surface area (TPSA) is 38.3 Å². The summed E-state index contributed by atoms with van der Waals surface area (Å²) in [6, 6.07) is 8.03. The summed E-state index contributed by atoms with van der Waals surface area (Å²) < 4.78 is 43.3. The van der Waals surface area contributed by atoms with E-state index in [0.717, 1.165) is 17.7 Å². The Morgan fingerprint density at radius 2 is 1.89 bits per heavy atom. The first kappa shape index (κ1) is 19.9. The maximum Gasteiger partial charge on any atom is 0.416 e. The summed E-state index contributed by atoms with van der Waals surface area (Å²) in [5.74, 6) is 0.440. The van der Waals surface area contributed by atoms with Crippen molar-refractivity contribution in [2.75, 3.05) is 11.6 Å². The highest BCUT2D eigenvalue weighted by molar-refractivity contribution is 8.00. The largest absolute Gasteiger partial charge is 0.456 e. The van der Waals surface area contributed by atoms with Crippen LogP contribution in [0.5, 0.6) is 11.5 Å². The van der Waals surface area contributed by atoms with Crippen molar-refractivity contribution in [1.29, 1.82) is 0 Å². The minimum absolute atomic E-state index is 0.0265. The second-order valence-electron chi connectivity index (χ2n) is 6.50. The fourth-order valence-electron chi connectivity index (χ4n) is 3.24. The second-order valence-corrected chi connectivity index (χ2v) is 7.96. The molecule has 1 aliphatic heterocycles. The lowest BCUT2D eigenvalue weighted by Crippen LogP contribution is -2.36. The van der Waals surface area contributed by atoms with Crippen LogP contribution in [0.3, 0.4) is 0 Å². The minimum atomic E-state index is -4.48. The van der Waals surface area contributed by atoms with E-state index in [1.54, 1.807) is 18.2 Å². The molecule has 0 spiro atoms. The molecule has 0 aromatic heterocycles. The summed E-state index contributed by atoms with van der Waals surface area (Å²) in [7, 11) is 0. The molecule has 1 amide bonds. The van der Waals surface area contributed by atoms with E-state index in [1.807, 2.05) is 20.1 Å². The fraction of sp³-hybridized carbons (Fsp3) is 0.316. The zero-order valence-corrected chi connectivity index (χ0v) is 16.4. The Bertz CT molecular complexity index is 901. The van der Waals surface area contributed by atoms with E-state index in [1.165, 1.54) is 17.8 Å². The number of fused-ring (bicyclic) bond motifs is 1. The van der Waals surface area contributed by atoms with Crippen molar-refractivity contribution in [3.63, 3.8) is 0 Å². The van der Waals surface area contributed by atoms with E-state index in [4.69, 9.17) is 16.3 Å². The molecule has 0 saturated carbocycles. The number of nitrogens with one attached hydrogen (secondary N) is 1. The number of thioether (sulfide) groups is 1. The molecule has 0 bridgehead atoms. The summed E-state index contributed by atoms with van der Waals surface area (Å²) in [6.07, 6.45) is -2.61. The molecule has 144 valence electrons. The quantitative estimate of drug-likeness (QED) is 0.635. The molecule has 0 fully saturated rings. The number of halogens is 4. The Balaban J connectivity index is 1.97. The Labute approximate surface area is 164 Å². The number of rotatable bonds is 4. The highest BCUT2D eigenvalue weighted by Gasteiger charge is 2.49. The molecule has 27 heavy (non-hydrogen) atoms. The van der Waals surface area contributed by atoms with Crippen molar-refractivity contribution < 1.29 is 22.7 Å². The molecule has 1 heterocycles. The van der Waals surface area contributed by atoms with Crippen molar-refractivity contribution in [2.24, 2.45) is 5.92 Å². The summed E-state index contributed by atoms with van der Waals surface area (Å²) >= 11 is 7.41. The van der Waals surface area contributed by atoms with Gasteiger partial charge in [-0.25, -0.2) is 0 Å². The Hall–Kier alpha value is -1.86. The van der Waals surface area contributed by atoms with Gasteiger partial charge in [-0.2, -0.15) is 13.2 Å². The molecular weight excluding hydrogens is 399 g/mol. The van der Waals surface area contributed by atoms with Crippen LogP contribution < -0.4 is 10.1 Å². The van der Waals surface area contributed by atoms with Gasteiger partial charge >= 0.3 is 6.18 Å². The highest BCUT2D eigenvalue weighted by Crippen LogP contribution is 2.51. The van der Waals surface area contributed by atoms with Gasteiger partial charge < -0.3 is 10.1 Å². The van der Waals surface area contributed by atoms with Crippen molar-refractivity contribution in [3.8, 4) is 11.5 Å². The number of ether oxygens (including phenoxy) is 1. The molecule has 1 unspecified atom stereocenters. The number of amides is 1. The summed E-state index contributed by atoms with van der Waals surface area (Å²) in [6.45, 7) is 3.93. The SMILES string of the molecule is CSC1(C(C)C)C(=O)Nc2ccc(Oc3ccc(C(F)(F)F)cc3Cl)cc21. The minimum Gasteiger partial charge on any atom is -0.456 e. The molecule has 0 aliphatic carbocycles.